The Balaban J connectivity index is 2.14. The standard InChI is InChI=1S/C15H10ClFO/c1-2-11-5-3-6-12(9-11)18-10-13-14(16)7-4-8-15(13)17/h1,3-9H,10H2. The van der Waals surface area contributed by atoms with E-state index in [1.54, 1.807) is 36.4 Å². The smallest absolute Gasteiger partial charge is 0.131 e. The first-order chi connectivity index (χ1) is 8.70. The third kappa shape index (κ3) is 2.82. The van der Waals surface area contributed by atoms with Crippen molar-refractivity contribution in [3.63, 3.8) is 0 Å². The molecule has 2 rings (SSSR count). The van der Waals surface area contributed by atoms with Gasteiger partial charge in [0.15, 0.2) is 0 Å². The van der Waals surface area contributed by atoms with E-state index >= 15 is 0 Å². The largest absolute Gasteiger partial charge is 0.489 e. The Morgan fingerprint density at radius 3 is 2.72 bits per heavy atom. The first-order valence-corrected chi connectivity index (χ1v) is 5.71. The Kier molecular flexibility index (Phi) is 3.86. The van der Waals surface area contributed by atoms with E-state index in [9.17, 15) is 4.39 Å². The summed E-state index contributed by atoms with van der Waals surface area (Å²) in [4.78, 5) is 0. The molecule has 0 amide bonds. The lowest BCUT2D eigenvalue weighted by Gasteiger charge is -2.08. The maximum Gasteiger partial charge on any atom is 0.131 e. The highest BCUT2D eigenvalue weighted by Crippen LogP contribution is 2.21. The van der Waals surface area contributed by atoms with Crippen LogP contribution in [0, 0.1) is 18.2 Å². The summed E-state index contributed by atoms with van der Waals surface area (Å²) in [5, 5.41) is 0.350. The molecular formula is C15H10ClFO. The van der Waals surface area contributed by atoms with Crippen molar-refractivity contribution < 1.29 is 9.13 Å². The highest BCUT2D eigenvalue weighted by Gasteiger charge is 2.07. The predicted octanol–water partition coefficient (Wildman–Crippen LogP) is 4.04. The van der Waals surface area contributed by atoms with Crippen molar-refractivity contribution in [2.75, 3.05) is 0 Å². The SMILES string of the molecule is C#Cc1cccc(OCc2c(F)cccc2Cl)c1. The highest BCUT2D eigenvalue weighted by molar-refractivity contribution is 6.31. The molecular weight excluding hydrogens is 251 g/mol. The zero-order valence-corrected chi connectivity index (χ0v) is 10.2. The van der Waals surface area contributed by atoms with Gasteiger partial charge in [-0.15, -0.1) is 6.42 Å². The highest BCUT2D eigenvalue weighted by atomic mass is 35.5. The summed E-state index contributed by atoms with van der Waals surface area (Å²) in [5.74, 6) is 2.72. The second kappa shape index (κ2) is 5.57. The van der Waals surface area contributed by atoms with Crippen molar-refractivity contribution in [3.05, 3.63) is 64.4 Å². The lowest BCUT2D eigenvalue weighted by atomic mass is 10.2. The van der Waals surface area contributed by atoms with Gasteiger partial charge in [0.2, 0.25) is 0 Å². The van der Waals surface area contributed by atoms with E-state index in [2.05, 4.69) is 5.92 Å². The fourth-order valence-electron chi connectivity index (χ4n) is 1.50. The minimum atomic E-state index is -0.379. The third-order valence-electron chi connectivity index (χ3n) is 2.45. The van der Waals surface area contributed by atoms with Crippen LogP contribution in [0.3, 0.4) is 0 Å². The minimum Gasteiger partial charge on any atom is -0.489 e. The molecule has 0 aliphatic rings. The molecule has 0 aliphatic carbocycles. The van der Waals surface area contributed by atoms with Crippen molar-refractivity contribution in [2.24, 2.45) is 0 Å². The third-order valence-corrected chi connectivity index (χ3v) is 2.80. The fourth-order valence-corrected chi connectivity index (χ4v) is 1.72. The van der Waals surface area contributed by atoms with E-state index in [-0.39, 0.29) is 12.4 Å². The number of benzene rings is 2. The maximum absolute atomic E-state index is 13.5. The average molecular weight is 261 g/mol. The van der Waals surface area contributed by atoms with Crippen LogP contribution in [-0.4, -0.2) is 0 Å². The van der Waals surface area contributed by atoms with Gasteiger partial charge in [0.25, 0.3) is 0 Å². The molecule has 0 radical (unpaired) electrons. The van der Waals surface area contributed by atoms with Gasteiger partial charge < -0.3 is 4.74 Å². The van der Waals surface area contributed by atoms with Gasteiger partial charge in [-0.05, 0) is 30.3 Å². The minimum absolute atomic E-state index is 0.0690. The van der Waals surface area contributed by atoms with Gasteiger partial charge in [0.1, 0.15) is 18.2 Å². The molecule has 0 aliphatic heterocycles. The molecule has 0 spiro atoms. The molecule has 0 saturated heterocycles. The quantitative estimate of drug-likeness (QED) is 0.757. The van der Waals surface area contributed by atoms with E-state index in [0.29, 0.717) is 21.9 Å². The van der Waals surface area contributed by atoms with Crippen LogP contribution in [0.2, 0.25) is 5.02 Å². The average Bonchev–Trinajstić information content (AvgIpc) is 2.38. The summed E-state index contributed by atoms with van der Waals surface area (Å²) < 4.78 is 19.0. The van der Waals surface area contributed by atoms with Crippen LogP contribution < -0.4 is 4.74 Å². The van der Waals surface area contributed by atoms with Crippen LogP contribution >= 0.6 is 11.6 Å². The summed E-state index contributed by atoms with van der Waals surface area (Å²) in [6, 6.07) is 11.6. The number of rotatable bonds is 3. The Morgan fingerprint density at radius 1 is 1.22 bits per heavy atom. The second-order valence-corrected chi connectivity index (χ2v) is 4.07. The Bertz CT molecular complexity index is 581. The van der Waals surface area contributed by atoms with Crippen LogP contribution in [0.1, 0.15) is 11.1 Å². The van der Waals surface area contributed by atoms with Gasteiger partial charge >= 0.3 is 0 Å². The van der Waals surface area contributed by atoms with Crippen molar-refractivity contribution in [1.29, 1.82) is 0 Å². The lowest BCUT2D eigenvalue weighted by Crippen LogP contribution is -1.99. The molecule has 2 aromatic rings. The van der Waals surface area contributed by atoms with E-state index in [1.807, 2.05) is 0 Å². The van der Waals surface area contributed by atoms with Crippen LogP contribution in [0.15, 0.2) is 42.5 Å². The predicted molar refractivity (Wildman–Crippen MR) is 70.1 cm³/mol. The summed E-state index contributed by atoms with van der Waals surface area (Å²) in [6.45, 7) is 0.0690. The zero-order chi connectivity index (χ0) is 13.0. The summed E-state index contributed by atoms with van der Waals surface area (Å²) in [7, 11) is 0. The van der Waals surface area contributed by atoms with Crippen LogP contribution in [-0.2, 0) is 6.61 Å². The molecule has 0 bridgehead atoms. The van der Waals surface area contributed by atoms with E-state index in [4.69, 9.17) is 22.8 Å². The van der Waals surface area contributed by atoms with Crippen molar-refractivity contribution in [1.82, 2.24) is 0 Å². The van der Waals surface area contributed by atoms with E-state index in [1.165, 1.54) is 6.07 Å². The molecule has 0 N–H and O–H groups in total. The summed E-state index contributed by atoms with van der Waals surface area (Å²) in [5.41, 5.74) is 1.05. The van der Waals surface area contributed by atoms with Crippen LogP contribution in [0.25, 0.3) is 0 Å². The Labute approximate surface area is 110 Å². The van der Waals surface area contributed by atoms with Crippen molar-refractivity contribution >= 4 is 11.6 Å². The van der Waals surface area contributed by atoms with E-state index < -0.39 is 0 Å². The molecule has 0 heterocycles. The molecule has 0 unspecified atom stereocenters. The number of halogens is 2. The molecule has 90 valence electrons. The Morgan fingerprint density at radius 2 is 2.00 bits per heavy atom. The van der Waals surface area contributed by atoms with Crippen molar-refractivity contribution in [2.45, 2.75) is 6.61 Å². The molecule has 0 saturated carbocycles. The topological polar surface area (TPSA) is 9.23 Å². The molecule has 18 heavy (non-hydrogen) atoms. The molecule has 3 heteroatoms. The zero-order valence-electron chi connectivity index (χ0n) is 9.49. The summed E-state index contributed by atoms with van der Waals surface area (Å²) >= 11 is 5.90. The molecule has 0 fully saturated rings. The molecule has 1 nitrogen and oxygen atoms in total. The maximum atomic E-state index is 13.5. The fraction of sp³-hybridized carbons (Fsp3) is 0.0667. The van der Waals surface area contributed by atoms with Crippen LogP contribution in [0.5, 0.6) is 5.75 Å². The number of hydrogen-bond donors (Lipinski definition) is 0. The monoisotopic (exact) mass is 260 g/mol. The first-order valence-electron chi connectivity index (χ1n) is 5.33. The van der Waals surface area contributed by atoms with Gasteiger partial charge in [-0.1, -0.05) is 29.7 Å². The number of ether oxygens (including phenoxy) is 1. The first kappa shape index (κ1) is 12.5. The van der Waals surface area contributed by atoms with Gasteiger partial charge in [-0.3, -0.25) is 0 Å². The van der Waals surface area contributed by atoms with Gasteiger partial charge in [0, 0.05) is 11.1 Å². The second-order valence-electron chi connectivity index (χ2n) is 3.66. The normalized spacial score (nSPS) is 9.83. The van der Waals surface area contributed by atoms with Gasteiger partial charge in [-0.25, -0.2) is 4.39 Å². The van der Waals surface area contributed by atoms with Gasteiger partial charge in [0.05, 0.1) is 5.02 Å². The van der Waals surface area contributed by atoms with Gasteiger partial charge in [-0.2, -0.15) is 0 Å². The molecule has 0 aromatic heterocycles. The van der Waals surface area contributed by atoms with Crippen molar-refractivity contribution in [3.8, 4) is 18.1 Å². The molecule has 2 aromatic carbocycles. The molecule has 0 atom stereocenters. The number of terminal acetylenes is 1. The lowest BCUT2D eigenvalue weighted by molar-refractivity contribution is 0.300. The summed E-state index contributed by atoms with van der Waals surface area (Å²) in [6.07, 6.45) is 5.29. The van der Waals surface area contributed by atoms with Crippen LogP contribution in [0.4, 0.5) is 4.39 Å². The van der Waals surface area contributed by atoms with E-state index in [0.717, 1.165) is 0 Å². The number of hydrogen-bond acceptors (Lipinski definition) is 1. The Hall–Kier alpha value is -1.98.